The summed E-state index contributed by atoms with van der Waals surface area (Å²) in [6.07, 6.45) is 2.28. The quantitative estimate of drug-likeness (QED) is 0.821. The minimum Gasteiger partial charge on any atom is -0.408 e. The van der Waals surface area contributed by atoms with Crippen LogP contribution in [0, 0.1) is 0 Å². The molecule has 0 aliphatic heterocycles. The van der Waals surface area contributed by atoms with E-state index in [1.54, 1.807) is 7.05 Å². The molecule has 16 heavy (non-hydrogen) atoms. The van der Waals surface area contributed by atoms with Gasteiger partial charge in [-0.05, 0) is 30.5 Å². The van der Waals surface area contributed by atoms with Gasteiger partial charge in [0.05, 0.1) is 5.52 Å². The third-order valence-electron chi connectivity index (χ3n) is 3.65. The molecule has 0 radical (unpaired) electrons. The molecule has 1 aromatic heterocycles. The summed E-state index contributed by atoms with van der Waals surface area (Å²) in [6, 6.07) is 5.91. The topological polar surface area (TPSA) is 61.2 Å². The Bertz CT molecular complexity index is 605. The Kier molecular flexibility index (Phi) is 1.80. The van der Waals surface area contributed by atoms with Crippen LogP contribution < -0.4 is 11.5 Å². The van der Waals surface area contributed by atoms with Crippen molar-refractivity contribution in [3.8, 4) is 0 Å². The van der Waals surface area contributed by atoms with Gasteiger partial charge in [0.2, 0.25) is 0 Å². The summed E-state index contributed by atoms with van der Waals surface area (Å²) >= 11 is 0. The van der Waals surface area contributed by atoms with E-state index in [9.17, 15) is 4.79 Å². The lowest BCUT2D eigenvalue weighted by Crippen LogP contribution is -2.19. The monoisotopic (exact) mass is 218 g/mol. The van der Waals surface area contributed by atoms with Crippen LogP contribution in [-0.2, 0) is 12.5 Å². The molecular formula is C12H14N2O2. The molecule has 1 aromatic carbocycles. The molecule has 1 saturated carbocycles. The third kappa shape index (κ3) is 1.16. The van der Waals surface area contributed by atoms with E-state index in [1.807, 2.05) is 18.2 Å². The molecule has 1 aliphatic rings. The summed E-state index contributed by atoms with van der Waals surface area (Å²) in [7, 11) is 1.72. The first-order valence-corrected chi connectivity index (χ1v) is 5.46. The van der Waals surface area contributed by atoms with Crippen molar-refractivity contribution in [2.24, 2.45) is 12.8 Å². The number of nitrogens with zero attached hydrogens (tertiary/aromatic N) is 1. The predicted octanol–water partition coefficient (Wildman–Crippen LogP) is 1.12. The Hall–Kier alpha value is -1.55. The highest BCUT2D eigenvalue weighted by Gasteiger charge is 2.42. The maximum Gasteiger partial charge on any atom is 0.419 e. The highest BCUT2D eigenvalue weighted by Crippen LogP contribution is 2.47. The van der Waals surface area contributed by atoms with E-state index >= 15 is 0 Å². The van der Waals surface area contributed by atoms with Crippen molar-refractivity contribution in [3.63, 3.8) is 0 Å². The van der Waals surface area contributed by atoms with Gasteiger partial charge >= 0.3 is 5.76 Å². The second-order valence-corrected chi connectivity index (χ2v) is 4.59. The predicted molar refractivity (Wildman–Crippen MR) is 61.4 cm³/mol. The average molecular weight is 218 g/mol. The van der Waals surface area contributed by atoms with Crippen molar-refractivity contribution >= 4 is 11.1 Å². The molecule has 4 nitrogen and oxygen atoms in total. The highest BCUT2D eigenvalue weighted by molar-refractivity contribution is 5.74. The van der Waals surface area contributed by atoms with Crippen molar-refractivity contribution in [3.05, 3.63) is 34.3 Å². The maximum absolute atomic E-state index is 11.4. The zero-order valence-electron chi connectivity index (χ0n) is 9.19. The normalized spacial score (nSPS) is 17.9. The minimum absolute atomic E-state index is 0.154. The van der Waals surface area contributed by atoms with Crippen LogP contribution in [0.4, 0.5) is 0 Å². The lowest BCUT2D eigenvalue weighted by molar-refractivity contribution is 0.528. The van der Waals surface area contributed by atoms with Crippen LogP contribution in [0.3, 0.4) is 0 Å². The number of aryl methyl sites for hydroxylation is 1. The largest absolute Gasteiger partial charge is 0.419 e. The fourth-order valence-corrected chi connectivity index (χ4v) is 2.22. The van der Waals surface area contributed by atoms with Gasteiger partial charge in [0.25, 0.3) is 0 Å². The molecule has 84 valence electrons. The van der Waals surface area contributed by atoms with Gasteiger partial charge in [-0.2, -0.15) is 0 Å². The second-order valence-electron chi connectivity index (χ2n) is 4.59. The molecule has 0 spiro atoms. The van der Waals surface area contributed by atoms with Gasteiger partial charge in [0.15, 0.2) is 5.58 Å². The van der Waals surface area contributed by atoms with E-state index < -0.39 is 0 Å². The molecule has 0 saturated heterocycles. The summed E-state index contributed by atoms with van der Waals surface area (Å²) in [5.41, 5.74) is 8.66. The van der Waals surface area contributed by atoms with E-state index in [0.29, 0.717) is 12.1 Å². The Labute approximate surface area is 92.7 Å². The number of benzene rings is 1. The fraction of sp³-hybridized carbons (Fsp3) is 0.417. The van der Waals surface area contributed by atoms with Gasteiger partial charge in [0, 0.05) is 19.0 Å². The van der Waals surface area contributed by atoms with Crippen LogP contribution in [0.25, 0.3) is 11.1 Å². The number of fused-ring (bicyclic) bond motifs is 1. The van der Waals surface area contributed by atoms with Gasteiger partial charge in [0.1, 0.15) is 0 Å². The lowest BCUT2D eigenvalue weighted by atomic mass is 9.96. The molecule has 1 heterocycles. The molecular weight excluding hydrogens is 204 g/mol. The highest BCUT2D eigenvalue weighted by atomic mass is 16.4. The van der Waals surface area contributed by atoms with Crippen LogP contribution >= 0.6 is 0 Å². The average Bonchev–Trinajstić information content (AvgIpc) is 3.04. The number of nitrogens with two attached hydrogens (primary N) is 1. The Balaban J connectivity index is 2.23. The Morgan fingerprint density at radius 2 is 2.25 bits per heavy atom. The molecule has 2 N–H and O–H groups in total. The molecule has 0 unspecified atom stereocenters. The van der Waals surface area contributed by atoms with Crippen LogP contribution in [0.5, 0.6) is 0 Å². The van der Waals surface area contributed by atoms with Crippen molar-refractivity contribution in [2.75, 3.05) is 6.54 Å². The molecule has 1 fully saturated rings. The molecule has 4 heteroatoms. The lowest BCUT2D eigenvalue weighted by Gasteiger charge is -2.12. The fourth-order valence-electron chi connectivity index (χ4n) is 2.22. The van der Waals surface area contributed by atoms with Crippen LogP contribution in [-0.4, -0.2) is 11.1 Å². The number of aromatic nitrogens is 1. The van der Waals surface area contributed by atoms with Gasteiger partial charge in [-0.25, -0.2) is 4.79 Å². The van der Waals surface area contributed by atoms with E-state index in [0.717, 1.165) is 18.4 Å². The number of hydrogen-bond donors (Lipinski definition) is 1. The Morgan fingerprint density at radius 1 is 1.50 bits per heavy atom. The second kappa shape index (κ2) is 2.98. The number of oxazole rings is 1. The van der Waals surface area contributed by atoms with Gasteiger partial charge < -0.3 is 10.2 Å². The molecule has 0 bridgehead atoms. The summed E-state index contributed by atoms with van der Waals surface area (Å²) in [6.45, 7) is 0.671. The van der Waals surface area contributed by atoms with E-state index in [4.69, 9.17) is 10.2 Å². The number of hydrogen-bond acceptors (Lipinski definition) is 3. The van der Waals surface area contributed by atoms with Crippen LogP contribution in [0.15, 0.2) is 27.4 Å². The first-order chi connectivity index (χ1) is 7.66. The molecule has 3 rings (SSSR count). The summed E-state index contributed by atoms with van der Waals surface area (Å²) in [5, 5.41) is 0. The van der Waals surface area contributed by atoms with Crippen molar-refractivity contribution < 1.29 is 4.42 Å². The zero-order chi connectivity index (χ0) is 11.3. The standard InChI is InChI=1S/C12H14N2O2/c1-14-9-6-8(12(7-13)4-5-12)2-3-10(9)16-11(14)15/h2-3,6H,4-5,7,13H2,1H3. The van der Waals surface area contributed by atoms with Crippen molar-refractivity contribution in [1.29, 1.82) is 0 Å². The van der Waals surface area contributed by atoms with Gasteiger partial charge in [-0.1, -0.05) is 6.07 Å². The van der Waals surface area contributed by atoms with Crippen molar-refractivity contribution in [2.45, 2.75) is 18.3 Å². The van der Waals surface area contributed by atoms with Gasteiger partial charge in [-0.15, -0.1) is 0 Å². The van der Waals surface area contributed by atoms with Crippen molar-refractivity contribution in [1.82, 2.24) is 4.57 Å². The van der Waals surface area contributed by atoms with E-state index in [1.165, 1.54) is 10.1 Å². The number of rotatable bonds is 2. The first-order valence-electron chi connectivity index (χ1n) is 5.46. The van der Waals surface area contributed by atoms with E-state index in [-0.39, 0.29) is 11.2 Å². The smallest absolute Gasteiger partial charge is 0.408 e. The third-order valence-corrected chi connectivity index (χ3v) is 3.65. The van der Waals surface area contributed by atoms with E-state index in [2.05, 4.69) is 0 Å². The molecule has 1 aliphatic carbocycles. The van der Waals surface area contributed by atoms with Gasteiger partial charge in [-0.3, -0.25) is 4.57 Å². The summed E-state index contributed by atoms with van der Waals surface area (Å²) < 4.78 is 6.63. The SMILES string of the molecule is Cn1c(=O)oc2ccc(C3(CN)CC3)cc21. The van der Waals surface area contributed by atoms with Crippen LogP contribution in [0.2, 0.25) is 0 Å². The molecule has 2 aromatic rings. The summed E-state index contributed by atoms with van der Waals surface area (Å²) in [5.74, 6) is -0.315. The zero-order valence-corrected chi connectivity index (χ0v) is 9.19. The molecule has 0 amide bonds. The maximum atomic E-state index is 11.4. The first kappa shape index (κ1) is 9.66. The minimum atomic E-state index is -0.315. The Morgan fingerprint density at radius 3 is 2.88 bits per heavy atom. The molecule has 0 atom stereocenters. The summed E-state index contributed by atoms with van der Waals surface area (Å²) in [4.78, 5) is 11.4. The van der Waals surface area contributed by atoms with Crippen LogP contribution in [0.1, 0.15) is 18.4 Å².